The van der Waals surface area contributed by atoms with Crippen LogP contribution in [0, 0.1) is 13.8 Å². The van der Waals surface area contributed by atoms with E-state index in [9.17, 15) is 4.79 Å². The highest BCUT2D eigenvalue weighted by Crippen LogP contribution is 2.36. The molecule has 3 heterocycles. The number of ether oxygens (including phenoxy) is 2. The molecule has 6 nitrogen and oxygen atoms in total. The van der Waals surface area contributed by atoms with Crippen molar-refractivity contribution in [1.29, 1.82) is 0 Å². The average Bonchev–Trinajstić information content (AvgIpc) is 3.28. The number of methoxy groups -OCH3 is 1. The first kappa shape index (κ1) is 19.2. The van der Waals surface area contributed by atoms with Crippen molar-refractivity contribution in [3.63, 3.8) is 0 Å². The minimum atomic E-state index is -0.248. The number of aromatic nitrogens is 2. The highest BCUT2D eigenvalue weighted by atomic mass is 16.5. The highest BCUT2D eigenvalue weighted by molar-refractivity contribution is 6.05. The van der Waals surface area contributed by atoms with Gasteiger partial charge in [-0.3, -0.25) is 4.79 Å². The van der Waals surface area contributed by atoms with Crippen LogP contribution in [-0.2, 0) is 16.1 Å². The van der Waals surface area contributed by atoms with Crippen molar-refractivity contribution >= 4 is 38.8 Å². The lowest BCUT2D eigenvalue weighted by molar-refractivity contribution is -0.140. The van der Waals surface area contributed by atoms with Gasteiger partial charge in [0.1, 0.15) is 22.4 Å². The number of hydrogen-bond acceptors (Lipinski definition) is 5. The van der Waals surface area contributed by atoms with Gasteiger partial charge in [0.15, 0.2) is 0 Å². The van der Waals surface area contributed by atoms with Gasteiger partial charge in [-0.25, -0.2) is 4.98 Å². The lowest BCUT2D eigenvalue weighted by atomic mass is 10.1. The summed E-state index contributed by atoms with van der Waals surface area (Å²) in [5.41, 5.74) is 4.75. The summed E-state index contributed by atoms with van der Waals surface area (Å²) in [7, 11) is 1.40. The van der Waals surface area contributed by atoms with E-state index in [0.29, 0.717) is 18.2 Å². The fourth-order valence-corrected chi connectivity index (χ4v) is 4.10. The zero-order valence-corrected chi connectivity index (χ0v) is 17.6. The molecule has 31 heavy (non-hydrogen) atoms. The molecule has 6 heteroatoms. The number of carbonyl (C=O) groups is 1. The minimum Gasteiger partial charge on any atom is -0.469 e. The van der Waals surface area contributed by atoms with Crippen molar-refractivity contribution in [2.75, 3.05) is 7.11 Å². The van der Waals surface area contributed by atoms with Crippen LogP contribution >= 0.6 is 0 Å². The first-order valence-electron chi connectivity index (χ1n) is 10.2. The summed E-state index contributed by atoms with van der Waals surface area (Å²) in [6.45, 7) is 4.61. The molecule has 0 N–H and O–H groups in total. The van der Waals surface area contributed by atoms with E-state index in [0.717, 1.165) is 44.1 Å². The largest absolute Gasteiger partial charge is 0.469 e. The number of hydrogen-bond donors (Lipinski definition) is 0. The predicted molar refractivity (Wildman–Crippen MR) is 120 cm³/mol. The van der Waals surface area contributed by atoms with Crippen LogP contribution in [0.1, 0.15) is 17.7 Å². The van der Waals surface area contributed by atoms with Gasteiger partial charge < -0.3 is 18.5 Å². The summed E-state index contributed by atoms with van der Waals surface area (Å²) in [5, 5.41) is 3.10. The maximum Gasteiger partial charge on any atom is 0.307 e. The van der Waals surface area contributed by atoms with Crippen LogP contribution in [0.5, 0.6) is 11.6 Å². The molecular formula is C25H22N2O4. The number of fused-ring (bicyclic) bond motifs is 4. The first-order chi connectivity index (χ1) is 15.1. The van der Waals surface area contributed by atoms with Crippen LogP contribution in [0.2, 0.25) is 0 Å². The molecule has 0 radical (unpaired) electrons. The van der Waals surface area contributed by atoms with Gasteiger partial charge in [0.05, 0.1) is 13.5 Å². The van der Waals surface area contributed by atoms with Gasteiger partial charge in [0, 0.05) is 34.6 Å². The molecule has 0 atom stereocenters. The molecule has 0 aliphatic rings. The van der Waals surface area contributed by atoms with Crippen LogP contribution < -0.4 is 4.74 Å². The molecule has 5 aromatic rings. The minimum absolute atomic E-state index is 0.248. The molecule has 2 aromatic carbocycles. The first-order valence-corrected chi connectivity index (χ1v) is 10.2. The lowest BCUT2D eigenvalue weighted by Gasteiger charge is -2.11. The Morgan fingerprint density at radius 1 is 1.03 bits per heavy atom. The number of esters is 1. The smallest absolute Gasteiger partial charge is 0.307 e. The van der Waals surface area contributed by atoms with Crippen molar-refractivity contribution in [2.24, 2.45) is 0 Å². The fourth-order valence-electron chi connectivity index (χ4n) is 4.10. The van der Waals surface area contributed by atoms with Crippen LogP contribution in [0.4, 0.5) is 0 Å². The third kappa shape index (κ3) is 3.20. The van der Waals surface area contributed by atoms with Gasteiger partial charge in [-0.1, -0.05) is 18.2 Å². The van der Waals surface area contributed by atoms with Gasteiger partial charge in [0.25, 0.3) is 0 Å². The van der Waals surface area contributed by atoms with Crippen molar-refractivity contribution in [3.8, 4) is 11.6 Å². The van der Waals surface area contributed by atoms with E-state index in [4.69, 9.17) is 13.9 Å². The van der Waals surface area contributed by atoms with Crippen LogP contribution in [0.3, 0.4) is 0 Å². The van der Waals surface area contributed by atoms with Crippen molar-refractivity contribution in [1.82, 2.24) is 9.55 Å². The second kappa shape index (κ2) is 7.47. The molecule has 0 aliphatic heterocycles. The van der Waals surface area contributed by atoms with E-state index in [2.05, 4.69) is 16.5 Å². The maximum atomic E-state index is 11.7. The van der Waals surface area contributed by atoms with Crippen molar-refractivity contribution in [2.45, 2.75) is 26.8 Å². The number of benzene rings is 2. The van der Waals surface area contributed by atoms with Gasteiger partial charge in [-0.15, -0.1) is 0 Å². The molecule has 0 aliphatic carbocycles. The SMILES string of the molecule is COC(=O)CCn1c(C)c(C)c2ccnc(Oc3ccc4oc5ccccc5c4c3)c21. The van der Waals surface area contributed by atoms with Crippen LogP contribution in [0.25, 0.3) is 32.8 Å². The molecular weight excluding hydrogens is 392 g/mol. The number of aryl methyl sites for hydroxylation is 2. The summed E-state index contributed by atoms with van der Waals surface area (Å²) < 4.78 is 19.1. The van der Waals surface area contributed by atoms with Crippen LogP contribution in [0.15, 0.2) is 59.1 Å². The molecule has 0 unspecified atom stereocenters. The Morgan fingerprint density at radius 2 is 1.84 bits per heavy atom. The maximum absolute atomic E-state index is 11.7. The summed E-state index contributed by atoms with van der Waals surface area (Å²) in [6.07, 6.45) is 2.03. The Morgan fingerprint density at radius 3 is 2.68 bits per heavy atom. The molecule has 0 saturated heterocycles. The monoisotopic (exact) mass is 414 g/mol. The third-order valence-electron chi connectivity index (χ3n) is 5.84. The average molecular weight is 414 g/mol. The van der Waals surface area contributed by atoms with Gasteiger partial charge in [-0.05, 0) is 49.7 Å². The normalized spacial score (nSPS) is 11.5. The Kier molecular flexibility index (Phi) is 4.62. The number of nitrogens with zero attached hydrogens (tertiary/aromatic N) is 2. The van der Waals surface area contributed by atoms with Crippen molar-refractivity contribution in [3.05, 3.63) is 66.0 Å². The van der Waals surface area contributed by atoms with E-state index < -0.39 is 0 Å². The topological polar surface area (TPSA) is 66.5 Å². The molecule has 0 saturated carbocycles. The second-order valence-electron chi connectivity index (χ2n) is 7.56. The Bertz CT molecular complexity index is 1440. The zero-order chi connectivity index (χ0) is 21.5. The van der Waals surface area contributed by atoms with Crippen LogP contribution in [-0.4, -0.2) is 22.6 Å². The van der Waals surface area contributed by atoms with Gasteiger partial charge in [0.2, 0.25) is 5.88 Å². The Hall–Kier alpha value is -3.80. The predicted octanol–water partition coefficient (Wildman–Crippen LogP) is 5.91. The second-order valence-corrected chi connectivity index (χ2v) is 7.56. The summed E-state index contributed by atoms with van der Waals surface area (Å²) >= 11 is 0. The standard InChI is InChI=1S/C25H22N2O4/c1-15-16(2)27(13-11-23(28)29-3)24-18(15)10-12-26-25(24)30-17-8-9-22-20(14-17)19-6-4-5-7-21(19)31-22/h4-10,12,14H,11,13H2,1-3H3. The molecule has 0 bridgehead atoms. The summed E-state index contributed by atoms with van der Waals surface area (Å²) in [4.78, 5) is 16.2. The number of para-hydroxylation sites is 1. The van der Waals surface area contributed by atoms with Gasteiger partial charge >= 0.3 is 5.97 Å². The van der Waals surface area contributed by atoms with E-state index in [1.807, 2.05) is 55.5 Å². The molecule has 5 rings (SSSR count). The summed E-state index contributed by atoms with van der Waals surface area (Å²) in [5.74, 6) is 0.934. The molecule has 0 fully saturated rings. The van der Waals surface area contributed by atoms with Gasteiger partial charge in [-0.2, -0.15) is 0 Å². The molecule has 156 valence electrons. The number of rotatable bonds is 5. The number of furan rings is 1. The number of carbonyl (C=O) groups excluding carboxylic acids is 1. The Labute approximate surface area is 179 Å². The Balaban J connectivity index is 1.59. The fraction of sp³-hybridized carbons (Fsp3) is 0.200. The zero-order valence-electron chi connectivity index (χ0n) is 17.6. The highest BCUT2D eigenvalue weighted by Gasteiger charge is 2.18. The van der Waals surface area contributed by atoms with E-state index in [1.54, 1.807) is 6.20 Å². The summed E-state index contributed by atoms with van der Waals surface area (Å²) in [6, 6.07) is 15.7. The van der Waals surface area contributed by atoms with Crippen molar-refractivity contribution < 1.29 is 18.7 Å². The van der Waals surface area contributed by atoms with E-state index >= 15 is 0 Å². The van der Waals surface area contributed by atoms with E-state index in [1.165, 1.54) is 7.11 Å². The molecule has 0 spiro atoms. The van der Waals surface area contributed by atoms with E-state index in [-0.39, 0.29) is 12.4 Å². The number of pyridine rings is 1. The molecule has 0 amide bonds. The lowest BCUT2D eigenvalue weighted by Crippen LogP contribution is -2.08. The quantitative estimate of drug-likeness (QED) is 0.335. The third-order valence-corrected chi connectivity index (χ3v) is 5.84. The molecule has 3 aromatic heterocycles.